The molecule has 6 heavy (non-hydrogen) atoms. The van der Waals surface area contributed by atoms with Crippen LogP contribution in [0, 0.1) is 0 Å². The van der Waals surface area contributed by atoms with Crippen molar-refractivity contribution in [2.75, 3.05) is 0 Å². The van der Waals surface area contributed by atoms with Crippen molar-refractivity contribution in [2.24, 2.45) is 15.5 Å². The van der Waals surface area contributed by atoms with E-state index in [-0.39, 0.29) is 6.02 Å². The topological polar surface area (TPSA) is 71.4 Å². The first kappa shape index (κ1) is 3.08. The summed E-state index contributed by atoms with van der Waals surface area (Å²) >= 11 is 0. The van der Waals surface area contributed by atoms with Gasteiger partial charge in [0, 0.05) is 0 Å². The molecule has 1 N–H and O–H groups in total. The van der Waals surface area contributed by atoms with Crippen molar-refractivity contribution >= 4 is 6.02 Å². The molecular formula is CHN4O. The second-order valence-corrected chi connectivity index (χ2v) is 0.679. The summed E-state index contributed by atoms with van der Waals surface area (Å²) in [7, 11) is 0. The Morgan fingerprint density at radius 3 is 2.33 bits per heavy atom. The highest BCUT2D eigenvalue weighted by Gasteiger charge is 1.96. The summed E-state index contributed by atoms with van der Waals surface area (Å²) < 4.78 is 0. The van der Waals surface area contributed by atoms with Gasteiger partial charge >= 0.3 is 6.02 Å². The van der Waals surface area contributed by atoms with Gasteiger partial charge in [-0.1, -0.05) is 10.5 Å². The maximum atomic E-state index is 8.12. The van der Waals surface area contributed by atoms with Crippen LogP contribution in [0.3, 0.4) is 0 Å². The molecule has 1 heterocycles. The van der Waals surface area contributed by atoms with Crippen molar-refractivity contribution in [3.8, 4) is 0 Å². The van der Waals surface area contributed by atoms with E-state index in [0.717, 1.165) is 0 Å². The summed E-state index contributed by atoms with van der Waals surface area (Å²) in [5.41, 5.74) is 3.00. The molecular weight excluding hydrogens is 84.0 g/mol. The lowest BCUT2D eigenvalue weighted by Crippen LogP contribution is -2.01. The van der Waals surface area contributed by atoms with E-state index < -0.39 is 0 Å². The standard InChI is InChI=1S/CHN4O/c6-1-2-4-5-3-1/h(H,2,5,6). The molecule has 0 spiro atoms. The van der Waals surface area contributed by atoms with Gasteiger partial charge in [0.1, 0.15) is 0 Å². The Morgan fingerprint density at radius 2 is 2.17 bits per heavy atom. The van der Waals surface area contributed by atoms with Gasteiger partial charge in [-0.25, -0.2) is 0 Å². The van der Waals surface area contributed by atoms with E-state index in [2.05, 4.69) is 21.0 Å². The van der Waals surface area contributed by atoms with Crippen LogP contribution in [-0.4, -0.2) is 11.1 Å². The number of hydrogen-bond acceptors (Lipinski definition) is 3. The lowest BCUT2D eigenvalue weighted by molar-refractivity contribution is 0.522. The predicted octanol–water partition coefficient (Wildman–Crippen LogP) is -0.199. The van der Waals surface area contributed by atoms with Gasteiger partial charge in [0.05, 0.1) is 0 Å². The fourth-order valence-corrected chi connectivity index (χ4v) is 0.140. The Hall–Kier alpha value is -1.13. The molecule has 0 saturated carbocycles. The summed E-state index contributed by atoms with van der Waals surface area (Å²) in [4.78, 5) is 0. The highest BCUT2D eigenvalue weighted by molar-refractivity contribution is 5.70. The third-order valence-electron chi connectivity index (χ3n) is 0.308. The number of aliphatic hydroxyl groups is 1. The first-order chi connectivity index (χ1) is 2.89. The predicted molar refractivity (Wildman–Crippen MR) is 17.1 cm³/mol. The Kier molecular flexibility index (Phi) is 0.474. The zero-order valence-corrected chi connectivity index (χ0v) is 2.74. The third kappa shape index (κ3) is 0.291. The van der Waals surface area contributed by atoms with E-state index in [1.807, 2.05) is 0 Å². The molecule has 0 amide bonds. The smallest absolute Gasteiger partial charge is 0.355 e. The second kappa shape index (κ2) is 0.925. The average Bonchev–Trinajstić information content (AvgIpc) is 1.86. The van der Waals surface area contributed by atoms with Crippen LogP contribution in [0.1, 0.15) is 0 Å². The fraction of sp³-hybridized carbons (Fsp3) is 0. The normalized spacial score (nSPS) is 17.0. The minimum absolute atomic E-state index is 0.380. The zero-order chi connectivity index (χ0) is 4.41. The van der Waals surface area contributed by atoms with E-state index in [9.17, 15) is 0 Å². The first-order valence-corrected chi connectivity index (χ1v) is 1.27. The van der Waals surface area contributed by atoms with Gasteiger partial charge in [-0.2, -0.15) is 0 Å². The summed E-state index contributed by atoms with van der Waals surface area (Å²) in [6.45, 7) is 0. The quantitative estimate of drug-likeness (QED) is 0.434. The van der Waals surface area contributed by atoms with Gasteiger partial charge < -0.3 is 5.11 Å². The molecule has 0 bridgehead atoms. The highest BCUT2D eigenvalue weighted by Crippen LogP contribution is 1.83. The number of rotatable bonds is 0. The van der Waals surface area contributed by atoms with Crippen molar-refractivity contribution in [3.63, 3.8) is 0 Å². The number of aliphatic hydroxyl groups excluding tert-OH is 1. The molecule has 0 aromatic rings. The van der Waals surface area contributed by atoms with E-state index >= 15 is 0 Å². The minimum atomic E-state index is -0.380. The van der Waals surface area contributed by atoms with Gasteiger partial charge in [0.15, 0.2) is 0 Å². The maximum Gasteiger partial charge on any atom is 0.355 e. The first-order valence-electron chi connectivity index (χ1n) is 1.27. The third-order valence-corrected chi connectivity index (χ3v) is 0.308. The van der Waals surface area contributed by atoms with Crippen molar-refractivity contribution < 1.29 is 5.11 Å². The van der Waals surface area contributed by atoms with Crippen molar-refractivity contribution in [3.05, 3.63) is 0 Å². The van der Waals surface area contributed by atoms with Gasteiger partial charge in [0.2, 0.25) is 0 Å². The lowest BCUT2D eigenvalue weighted by Gasteiger charge is -1.71. The van der Waals surface area contributed by atoms with Crippen LogP contribution in [-0.2, 0) is 0 Å². The summed E-state index contributed by atoms with van der Waals surface area (Å²) in [5.74, 6) is 0. The van der Waals surface area contributed by atoms with E-state index in [1.54, 1.807) is 0 Å². The summed E-state index contributed by atoms with van der Waals surface area (Å²) in [5, 5.41) is 17.0. The molecule has 5 nitrogen and oxygen atoms in total. The molecule has 1 aliphatic heterocycles. The lowest BCUT2D eigenvalue weighted by atomic mass is 11.2. The largest absolute Gasteiger partial charge is 0.477 e. The van der Waals surface area contributed by atoms with E-state index in [4.69, 9.17) is 5.11 Å². The van der Waals surface area contributed by atoms with Gasteiger partial charge in [-0.05, 0) is 10.4 Å². The maximum absolute atomic E-state index is 8.12. The molecule has 1 aliphatic rings. The number of amidine groups is 1. The molecule has 0 aliphatic carbocycles. The molecule has 1 rings (SSSR count). The summed E-state index contributed by atoms with van der Waals surface area (Å²) in [6.07, 6.45) is 0. The van der Waals surface area contributed by atoms with E-state index in [1.165, 1.54) is 0 Å². The SMILES string of the molecule is OC1=NN=N[N]1. The van der Waals surface area contributed by atoms with Crippen molar-refractivity contribution in [1.29, 1.82) is 0 Å². The van der Waals surface area contributed by atoms with Crippen LogP contribution in [0.5, 0.6) is 0 Å². The van der Waals surface area contributed by atoms with Crippen LogP contribution >= 0.6 is 0 Å². The molecule has 5 heteroatoms. The molecule has 0 aromatic heterocycles. The monoisotopic (exact) mass is 85.0 g/mol. The molecule has 0 atom stereocenters. The Bertz CT molecular complexity index is 104. The number of hydrogen-bond donors (Lipinski definition) is 1. The molecule has 31 valence electrons. The van der Waals surface area contributed by atoms with Gasteiger partial charge in [-0.15, -0.1) is 0 Å². The van der Waals surface area contributed by atoms with Crippen LogP contribution in [0.15, 0.2) is 15.5 Å². The van der Waals surface area contributed by atoms with Crippen LogP contribution in [0.4, 0.5) is 0 Å². The second-order valence-electron chi connectivity index (χ2n) is 0.679. The Balaban J connectivity index is 2.61. The zero-order valence-electron chi connectivity index (χ0n) is 2.74. The van der Waals surface area contributed by atoms with Crippen molar-refractivity contribution in [2.45, 2.75) is 0 Å². The van der Waals surface area contributed by atoms with Crippen molar-refractivity contribution in [1.82, 2.24) is 5.43 Å². The molecule has 0 saturated heterocycles. The average molecular weight is 85.0 g/mol. The Morgan fingerprint density at radius 1 is 1.33 bits per heavy atom. The van der Waals surface area contributed by atoms with Crippen LogP contribution in [0.25, 0.3) is 0 Å². The van der Waals surface area contributed by atoms with E-state index in [0.29, 0.717) is 0 Å². The molecule has 1 radical (unpaired) electrons. The fourth-order valence-electron chi connectivity index (χ4n) is 0.140. The number of nitrogens with zero attached hydrogens (tertiary/aromatic N) is 4. The highest BCUT2D eigenvalue weighted by atomic mass is 16.3. The minimum Gasteiger partial charge on any atom is -0.477 e. The van der Waals surface area contributed by atoms with Crippen LogP contribution in [0.2, 0.25) is 0 Å². The van der Waals surface area contributed by atoms with Gasteiger partial charge in [-0.3, -0.25) is 0 Å². The molecule has 0 aromatic carbocycles. The Labute approximate surface area is 33.4 Å². The molecule has 0 unspecified atom stereocenters. The molecule has 0 fully saturated rings. The van der Waals surface area contributed by atoms with Crippen LogP contribution < -0.4 is 5.43 Å². The van der Waals surface area contributed by atoms with Gasteiger partial charge in [0.25, 0.3) is 0 Å². The summed E-state index contributed by atoms with van der Waals surface area (Å²) in [6, 6.07) is -0.380.